The molecule has 10 aromatic carbocycles. The smallest absolute Gasteiger partial charge is 0.0350 e. The normalized spacial score (nSPS) is 10.6. The maximum absolute atomic E-state index is 2.29. The van der Waals surface area contributed by atoms with E-state index in [0.29, 0.717) is 0 Å². The minimum atomic E-state index is 1.33. The number of rotatable bonds is 0. The summed E-state index contributed by atoms with van der Waals surface area (Å²) in [5, 5.41) is 18.2. The molecule has 364 valence electrons. The Morgan fingerprint density at radius 2 is 0.681 bits per heavy atom. The molecule has 0 spiro atoms. The highest BCUT2D eigenvalue weighted by molar-refractivity contribution is 7.17. The molecular weight excluding hydrogens is 905 g/mol. The molecule has 72 heavy (non-hydrogen) atoms. The second-order valence-corrected chi connectivity index (χ2v) is 21.6. The summed E-state index contributed by atoms with van der Waals surface area (Å²) < 4.78 is 2.83. The minimum Gasteiger partial charge on any atom is -0.144 e. The largest absolute Gasteiger partial charge is 0.144 e. The van der Waals surface area contributed by atoms with Crippen LogP contribution in [0.25, 0.3) is 63.3 Å². The Kier molecular flexibility index (Phi) is 17.7. The SMILES string of the molecule is Cc1cc(C)c2c(C)cccc2c1.Cc1cc(C)c2c(C)csc2c1.Cc1cc2scc(C)c2cc1C.Cc1ccc2cccc(C)c2c1.Cc1cccc2cccc(C)c12.Cc1cccc2ccccc12. The summed E-state index contributed by atoms with van der Waals surface area (Å²) in [6, 6.07) is 60.7. The van der Waals surface area contributed by atoms with Crippen LogP contribution in [0, 0.1) is 96.9 Å². The highest BCUT2D eigenvalue weighted by Gasteiger charge is 2.05. The van der Waals surface area contributed by atoms with Crippen LogP contribution in [-0.4, -0.2) is 0 Å². The van der Waals surface area contributed by atoms with Crippen LogP contribution < -0.4 is 0 Å². The third-order valence-corrected chi connectivity index (χ3v) is 15.8. The van der Waals surface area contributed by atoms with Crippen LogP contribution >= 0.6 is 22.7 Å². The molecule has 0 saturated carbocycles. The molecule has 0 aliphatic carbocycles. The third-order valence-electron chi connectivity index (χ3n) is 13.7. The Labute approximate surface area is 438 Å². The molecule has 0 radical (unpaired) electrons. The lowest BCUT2D eigenvalue weighted by Crippen LogP contribution is -1.84. The molecular formula is C70H72S2. The minimum absolute atomic E-state index is 1.33. The van der Waals surface area contributed by atoms with Gasteiger partial charge in [-0.3, -0.25) is 0 Å². The van der Waals surface area contributed by atoms with Gasteiger partial charge in [-0.1, -0.05) is 169 Å². The van der Waals surface area contributed by atoms with Crippen molar-refractivity contribution in [2.45, 2.75) is 96.9 Å². The summed E-state index contributed by atoms with van der Waals surface area (Å²) in [6.07, 6.45) is 0. The van der Waals surface area contributed by atoms with E-state index in [-0.39, 0.29) is 0 Å². The molecule has 0 aliphatic rings. The molecule has 0 atom stereocenters. The maximum Gasteiger partial charge on any atom is 0.0350 e. The predicted octanol–water partition coefficient (Wildman–Crippen LogP) is 21.5. The first-order valence-electron chi connectivity index (χ1n) is 25.2. The van der Waals surface area contributed by atoms with Crippen molar-refractivity contribution in [2.24, 2.45) is 0 Å². The van der Waals surface area contributed by atoms with E-state index in [9.17, 15) is 0 Å². The number of hydrogen-bond acceptors (Lipinski definition) is 2. The van der Waals surface area contributed by atoms with Gasteiger partial charge in [0.05, 0.1) is 0 Å². The van der Waals surface area contributed by atoms with E-state index in [4.69, 9.17) is 0 Å². The van der Waals surface area contributed by atoms with E-state index in [2.05, 4.69) is 278 Å². The summed E-state index contributed by atoms with van der Waals surface area (Å²) in [5.74, 6) is 0. The zero-order valence-corrected chi connectivity index (χ0v) is 46.8. The van der Waals surface area contributed by atoms with Crippen molar-refractivity contribution in [1.29, 1.82) is 0 Å². The van der Waals surface area contributed by atoms with E-state index in [1.807, 2.05) is 22.7 Å². The van der Waals surface area contributed by atoms with Crippen LogP contribution in [0.4, 0.5) is 0 Å². The molecule has 0 unspecified atom stereocenters. The first-order chi connectivity index (χ1) is 34.5. The molecule has 0 saturated heterocycles. The maximum atomic E-state index is 2.29. The van der Waals surface area contributed by atoms with Crippen LogP contribution in [0.15, 0.2) is 181 Å². The first kappa shape index (κ1) is 53.0. The third kappa shape index (κ3) is 13.0. The lowest BCUT2D eigenvalue weighted by Gasteiger charge is -2.06. The summed E-state index contributed by atoms with van der Waals surface area (Å²) in [5.41, 5.74) is 19.2. The van der Waals surface area contributed by atoms with E-state index in [1.54, 1.807) is 0 Å². The van der Waals surface area contributed by atoms with Crippen LogP contribution in [-0.2, 0) is 0 Å². The fourth-order valence-corrected chi connectivity index (χ4v) is 12.0. The van der Waals surface area contributed by atoms with E-state index >= 15 is 0 Å². The standard InChI is InChI=1S/C13H14.2C12H12.2C11H12S.C11H10/c1-9-7-11(3)13-10(2)5-4-6-12(13)8-9;1-9-5-3-7-11-8-4-6-10(2)12(9)11;1-9-6-7-11-5-3-4-10(2)12(11)8-9;1-7-4-10-9(3)6-12-11(10)5-8(7)2;1-7-4-8(2)11-9(3)6-12-10(11)5-7;1-9-5-4-7-10-6-2-3-8-11(9)10/h4-8H,1-3H3;2*3-8H,1-2H3;2*4-6H,1-3H3;2-8H,1H3. The Balaban J connectivity index is 0.000000127. The molecule has 0 nitrogen and oxygen atoms in total. The summed E-state index contributed by atoms with van der Waals surface area (Å²) in [4.78, 5) is 0. The molecule has 2 heterocycles. The van der Waals surface area contributed by atoms with Crippen molar-refractivity contribution in [3.05, 3.63) is 259 Å². The van der Waals surface area contributed by atoms with Gasteiger partial charge in [0.15, 0.2) is 0 Å². The van der Waals surface area contributed by atoms with Crippen molar-refractivity contribution >= 4 is 85.9 Å². The average Bonchev–Trinajstić information content (AvgIpc) is 3.90. The molecule has 2 heteroatoms. The Morgan fingerprint density at radius 1 is 0.222 bits per heavy atom. The summed E-state index contributed by atoms with van der Waals surface area (Å²) in [7, 11) is 0. The van der Waals surface area contributed by atoms with Crippen molar-refractivity contribution in [3.63, 3.8) is 0 Å². The van der Waals surface area contributed by atoms with Crippen LogP contribution in [0.2, 0.25) is 0 Å². The van der Waals surface area contributed by atoms with Gasteiger partial charge >= 0.3 is 0 Å². The average molecular weight is 977 g/mol. The van der Waals surface area contributed by atoms with Crippen molar-refractivity contribution in [3.8, 4) is 0 Å². The number of thiophene rings is 2. The highest BCUT2D eigenvalue weighted by atomic mass is 32.1. The molecule has 2 aromatic heterocycles. The van der Waals surface area contributed by atoms with Gasteiger partial charge in [0, 0.05) is 9.40 Å². The van der Waals surface area contributed by atoms with Crippen molar-refractivity contribution in [2.75, 3.05) is 0 Å². The predicted molar refractivity (Wildman–Crippen MR) is 326 cm³/mol. The fraction of sp³-hybridized carbons (Fsp3) is 0.200. The first-order valence-corrected chi connectivity index (χ1v) is 27.0. The number of aryl methyl sites for hydroxylation is 14. The van der Waals surface area contributed by atoms with Gasteiger partial charge < -0.3 is 0 Å². The second-order valence-electron chi connectivity index (χ2n) is 19.8. The van der Waals surface area contributed by atoms with Gasteiger partial charge in [-0.2, -0.15) is 0 Å². The number of benzene rings is 10. The van der Waals surface area contributed by atoms with Crippen molar-refractivity contribution < 1.29 is 0 Å². The van der Waals surface area contributed by atoms with Crippen LogP contribution in [0.1, 0.15) is 77.9 Å². The van der Waals surface area contributed by atoms with Gasteiger partial charge in [-0.25, -0.2) is 0 Å². The van der Waals surface area contributed by atoms with Gasteiger partial charge in [-0.05, 0) is 240 Å². The van der Waals surface area contributed by atoms with Gasteiger partial charge in [-0.15, -0.1) is 22.7 Å². The topological polar surface area (TPSA) is 0 Å². The summed E-state index contributed by atoms with van der Waals surface area (Å²) >= 11 is 3.68. The molecule has 0 amide bonds. The molecule has 0 fully saturated rings. The summed E-state index contributed by atoms with van der Waals surface area (Å²) in [6.45, 7) is 30.3. The van der Waals surface area contributed by atoms with Crippen LogP contribution in [0.5, 0.6) is 0 Å². The second kappa shape index (κ2) is 24.1. The quantitative estimate of drug-likeness (QED) is 0.142. The van der Waals surface area contributed by atoms with E-state index < -0.39 is 0 Å². The number of fused-ring (bicyclic) bond motifs is 6. The van der Waals surface area contributed by atoms with Gasteiger partial charge in [0.2, 0.25) is 0 Å². The van der Waals surface area contributed by atoms with Gasteiger partial charge in [0.1, 0.15) is 0 Å². The Hall–Kier alpha value is -6.84. The molecule has 12 aromatic rings. The van der Waals surface area contributed by atoms with Crippen LogP contribution in [0.3, 0.4) is 0 Å². The number of hydrogen-bond donors (Lipinski definition) is 0. The molecule has 0 N–H and O–H groups in total. The Bertz CT molecular complexity index is 3760. The fourth-order valence-electron chi connectivity index (χ4n) is 9.88. The highest BCUT2D eigenvalue weighted by Crippen LogP contribution is 2.30. The molecule has 12 rings (SSSR count). The Morgan fingerprint density at radius 3 is 1.29 bits per heavy atom. The van der Waals surface area contributed by atoms with Crippen molar-refractivity contribution in [1.82, 2.24) is 0 Å². The lowest BCUT2D eigenvalue weighted by atomic mass is 9.99. The molecule has 0 bridgehead atoms. The molecule has 0 aliphatic heterocycles. The monoisotopic (exact) mass is 977 g/mol. The zero-order valence-electron chi connectivity index (χ0n) is 45.1. The zero-order chi connectivity index (χ0) is 51.6. The van der Waals surface area contributed by atoms with E-state index in [1.165, 1.54) is 141 Å². The van der Waals surface area contributed by atoms with Gasteiger partial charge in [0.25, 0.3) is 0 Å². The lowest BCUT2D eigenvalue weighted by molar-refractivity contribution is 1.37. The van der Waals surface area contributed by atoms with E-state index in [0.717, 1.165) is 0 Å².